The number of likely N-dealkylation sites (N-methyl/N-ethyl adjacent to an activating group) is 1. The van der Waals surface area contributed by atoms with Gasteiger partial charge in [-0.2, -0.15) is 0 Å². The van der Waals surface area contributed by atoms with Gasteiger partial charge in [0, 0.05) is 37.8 Å². The average Bonchev–Trinajstić information content (AvgIpc) is 2.86. The van der Waals surface area contributed by atoms with E-state index in [0.29, 0.717) is 30.8 Å². The number of aromatic hydroxyl groups is 1. The summed E-state index contributed by atoms with van der Waals surface area (Å²) in [5.74, 6) is -0.0505. The van der Waals surface area contributed by atoms with Gasteiger partial charge in [-0.15, -0.1) is 12.4 Å². The highest BCUT2D eigenvalue weighted by Gasteiger charge is 2.40. The second-order valence-corrected chi connectivity index (χ2v) is 11.1. The smallest absolute Gasteiger partial charge is 0.251 e. The minimum Gasteiger partial charge on any atom is -0.507 e. The number of hydrogen-bond acceptors (Lipinski definition) is 5. The van der Waals surface area contributed by atoms with Gasteiger partial charge in [-0.3, -0.25) is 14.5 Å². The number of phenols is 1. The first-order chi connectivity index (χ1) is 17.4. The maximum Gasteiger partial charge on any atom is 0.251 e. The van der Waals surface area contributed by atoms with Crippen LogP contribution < -0.4 is 5.32 Å². The Labute approximate surface area is 234 Å². The fourth-order valence-electron chi connectivity index (χ4n) is 4.92. The quantitative estimate of drug-likeness (QED) is 0.439. The topological polar surface area (TPSA) is 82.1 Å². The first-order valence-electron chi connectivity index (χ1n) is 13.1. The van der Waals surface area contributed by atoms with Gasteiger partial charge < -0.3 is 20.1 Å². The standard InChI is InChI=1S/C30H43N3O4.ClH/c1-9-32(14-15-37-8)18-22-10-11-23-12-13-33(29(36)30(5,6)7)26(24(23)17-22)28(35)31-25-16-19(2)27(34)21(4)20(25)3;/h10-11,16-17,26,34H,9,12-15,18H2,1-8H3,(H,31,35);1H. The molecule has 0 spiro atoms. The number of methoxy groups -OCH3 is 1. The minimum atomic E-state index is -0.738. The molecule has 0 fully saturated rings. The van der Waals surface area contributed by atoms with Crippen molar-refractivity contribution < 1.29 is 19.4 Å². The molecule has 38 heavy (non-hydrogen) atoms. The van der Waals surface area contributed by atoms with Crippen molar-refractivity contribution in [1.82, 2.24) is 9.80 Å². The molecule has 1 unspecified atom stereocenters. The second kappa shape index (κ2) is 13.0. The lowest BCUT2D eigenvalue weighted by atomic mass is 9.86. The maximum absolute atomic E-state index is 14.0. The SMILES string of the molecule is CCN(CCOC)Cc1ccc2c(c1)C(C(=O)Nc1cc(C)c(O)c(C)c1C)N(C(=O)C(C)(C)C)CC2.Cl. The van der Waals surface area contributed by atoms with Gasteiger partial charge in [0.1, 0.15) is 11.8 Å². The van der Waals surface area contributed by atoms with Crippen LogP contribution in [0.1, 0.15) is 67.1 Å². The van der Waals surface area contributed by atoms with Crippen molar-refractivity contribution in [1.29, 1.82) is 0 Å². The van der Waals surface area contributed by atoms with Gasteiger partial charge >= 0.3 is 0 Å². The van der Waals surface area contributed by atoms with E-state index in [2.05, 4.69) is 35.3 Å². The van der Waals surface area contributed by atoms with Gasteiger partial charge in [0.15, 0.2) is 0 Å². The van der Waals surface area contributed by atoms with Crippen LogP contribution in [-0.2, 0) is 27.3 Å². The summed E-state index contributed by atoms with van der Waals surface area (Å²) in [4.78, 5) is 31.5. The Hall–Kier alpha value is -2.61. The molecule has 8 heteroatoms. The zero-order valence-corrected chi connectivity index (χ0v) is 24.9. The molecule has 0 aliphatic carbocycles. The summed E-state index contributed by atoms with van der Waals surface area (Å²) in [5.41, 5.74) is 5.36. The summed E-state index contributed by atoms with van der Waals surface area (Å²) < 4.78 is 5.26. The first kappa shape index (κ1) is 31.6. The van der Waals surface area contributed by atoms with E-state index in [9.17, 15) is 14.7 Å². The van der Waals surface area contributed by atoms with E-state index < -0.39 is 11.5 Å². The summed E-state index contributed by atoms with van der Waals surface area (Å²) in [6.45, 7) is 16.9. The molecule has 2 amide bonds. The Morgan fingerprint density at radius 3 is 2.45 bits per heavy atom. The predicted molar refractivity (Wildman–Crippen MR) is 155 cm³/mol. The Bertz CT molecular complexity index is 1160. The van der Waals surface area contributed by atoms with Crippen LogP contribution in [0.25, 0.3) is 0 Å². The van der Waals surface area contributed by atoms with Crippen molar-refractivity contribution in [3.63, 3.8) is 0 Å². The molecular weight excluding hydrogens is 502 g/mol. The van der Waals surface area contributed by atoms with Crippen LogP contribution in [0.2, 0.25) is 0 Å². The molecule has 1 aliphatic rings. The number of phenolic OH excluding ortho intramolecular Hbond substituents is 1. The number of amides is 2. The molecule has 2 aromatic rings. The summed E-state index contributed by atoms with van der Waals surface area (Å²) >= 11 is 0. The van der Waals surface area contributed by atoms with Gasteiger partial charge in [-0.25, -0.2) is 0 Å². The highest BCUT2D eigenvalue weighted by molar-refractivity contribution is 5.99. The summed E-state index contributed by atoms with van der Waals surface area (Å²) in [6, 6.07) is 7.38. The molecule has 1 atom stereocenters. The molecule has 210 valence electrons. The van der Waals surface area contributed by atoms with Crippen molar-refractivity contribution >= 4 is 29.9 Å². The van der Waals surface area contributed by atoms with Crippen LogP contribution in [0.15, 0.2) is 24.3 Å². The Morgan fingerprint density at radius 2 is 1.84 bits per heavy atom. The van der Waals surface area contributed by atoms with Crippen LogP contribution in [-0.4, -0.2) is 60.1 Å². The van der Waals surface area contributed by atoms with Gasteiger partial charge in [0.05, 0.1) is 6.61 Å². The predicted octanol–water partition coefficient (Wildman–Crippen LogP) is 5.32. The van der Waals surface area contributed by atoms with E-state index in [-0.39, 0.29) is 30.0 Å². The second-order valence-electron chi connectivity index (χ2n) is 11.1. The molecule has 2 aromatic carbocycles. The molecule has 7 nitrogen and oxygen atoms in total. The van der Waals surface area contributed by atoms with E-state index >= 15 is 0 Å². The number of aryl methyl sites for hydroxylation is 1. The number of fused-ring (bicyclic) bond motifs is 1. The number of halogens is 1. The van der Waals surface area contributed by atoms with Crippen molar-refractivity contribution in [3.8, 4) is 5.75 Å². The highest BCUT2D eigenvalue weighted by Crippen LogP contribution is 2.36. The fraction of sp³-hybridized carbons (Fsp3) is 0.533. The Balaban J connectivity index is 0.00000507. The van der Waals surface area contributed by atoms with Crippen LogP contribution in [0.3, 0.4) is 0 Å². The zero-order valence-electron chi connectivity index (χ0n) is 24.1. The highest BCUT2D eigenvalue weighted by atomic mass is 35.5. The molecule has 0 radical (unpaired) electrons. The number of carbonyl (C=O) groups excluding carboxylic acids is 2. The van der Waals surface area contributed by atoms with Crippen LogP contribution in [0, 0.1) is 26.2 Å². The molecular formula is C30H44ClN3O4. The number of ether oxygens (including phenoxy) is 1. The minimum absolute atomic E-state index is 0. The average molecular weight is 546 g/mol. The van der Waals surface area contributed by atoms with E-state index in [4.69, 9.17) is 4.74 Å². The zero-order chi connectivity index (χ0) is 27.5. The third kappa shape index (κ3) is 6.87. The molecule has 0 bridgehead atoms. The third-order valence-electron chi connectivity index (χ3n) is 7.37. The van der Waals surface area contributed by atoms with E-state index in [1.54, 1.807) is 18.1 Å². The number of benzene rings is 2. The van der Waals surface area contributed by atoms with Gasteiger partial charge in [0.25, 0.3) is 5.91 Å². The summed E-state index contributed by atoms with van der Waals surface area (Å²) in [7, 11) is 1.70. The number of anilines is 1. The number of nitrogens with zero attached hydrogens (tertiary/aromatic N) is 2. The number of hydrogen-bond donors (Lipinski definition) is 2. The Morgan fingerprint density at radius 1 is 1.16 bits per heavy atom. The van der Waals surface area contributed by atoms with Crippen molar-refractivity contribution in [2.24, 2.45) is 5.41 Å². The van der Waals surface area contributed by atoms with Crippen LogP contribution in [0.5, 0.6) is 5.75 Å². The van der Waals surface area contributed by atoms with E-state index in [0.717, 1.165) is 47.5 Å². The molecule has 0 saturated carbocycles. The van der Waals surface area contributed by atoms with E-state index in [1.807, 2.05) is 41.5 Å². The van der Waals surface area contributed by atoms with Gasteiger partial charge in [-0.1, -0.05) is 45.9 Å². The third-order valence-corrected chi connectivity index (χ3v) is 7.37. The fourth-order valence-corrected chi connectivity index (χ4v) is 4.92. The number of carbonyl (C=O) groups is 2. The lowest BCUT2D eigenvalue weighted by Gasteiger charge is -2.40. The maximum atomic E-state index is 14.0. The normalized spacial score (nSPS) is 15.2. The molecule has 1 aliphatic heterocycles. The van der Waals surface area contributed by atoms with Crippen LogP contribution in [0.4, 0.5) is 5.69 Å². The molecule has 0 saturated heterocycles. The lowest BCUT2D eigenvalue weighted by molar-refractivity contribution is -0.146. The lowest BCUT2D eigenvalue weighted by Crippen LogP contribution is -2.49. The number of nitrogens with one attached hydrogen (secondary N) is 1. The van der Waals surface area contributed by atoms with Crippen molar-refractivity contribution in [2.45, 2.75) is 67.5 Å². The first-order valence-corrected chi connectivity index (χ1v) is 13.1. The number of rotatable bonds is 8. The molecule has 3 rings (SSSR count). The molecule has 1 heterocycles. The van der Waals surface area contributed by atoms with Gasteiger partial charge in [0.2, 0.25) is 5.91 Å². The monoisotopic (exact) mass is 545 g/mol. The summed E-state index contributed by atoms with van der Waals surface area (Å²) in [6.07, 6.45) is 0.707. The van der Waals surface area contributed by atoms with Crippen molar-refractivity contribution in [2.75, 3.05) is 38.7 Å². The van der Waals surface area contributed by atoms with Gasteiger partial charge in [-0.05, 0) is 73.2 Å². The molecule has 0 aromatic heterocycles. The summed E-state index contributed by atoms with van der Waals surface area (Å²) in [5, 5.41) is 13.4. The molecule has 2 N–H and O–H groups in total. The Kier molecular flexibility index (Phi) is 10.8. The van der Waals surface area contributed by atoms with E-state index in [1.165, 1.54) is 0 Å². The van der Waals surface area contributed by atoms with Crippen LogP contribution >= 0.6 is 12.4 Å². The largest absolute Gasteiger partial charge is 0.507 e. The van der Waals surface area contributed by atoms with Crippen molar-refractivity contribution in [3.05, 3.63) is 57.6 Å².